The summed E-state index contributed by atoms with van der Waals surface area (Å²) in [6.45, 7) is 6.07. The lowest BCUT2D eigenvalue weighted by atomic mass is 10.2. The number of nitrogens with one attached hydrogen (secondary N) is 1. The summed E-state index contributed by atoms with van der Waals surface area (Å²) in [5, 5.41) is 0. The third kappa shape index (κ3) is 6.94. The first-order valence-corrected chi connectivity index (χ1v) is 12.7. The highest BCUT2D eigenvalue weighted by Crippen LogP contribution is 2.21. The minimum absolute atomic E-state index is 0.0371. The molecule has 0 aliphatic carbocycles. The van der Waals surface area contributed by atoms with Gasteiger partial charge in [-0.3, -0.25) is 9.52 Å². The molecule has 1 atom stereocenters. The van der Waals surface area contributed by atoms with Crippen LogP contribution >= 0.6 is 0 Å². The Kier molecular flexibility index (Phi) is 8.89. The quantitative estimate of drug-likeness (QED) is 0.402. The number of anilines is 1. The van der Waals surface area contributed by atoms with E-state index in [0.717, 1.165) is 12.8 Å². The van der Waals surface area contributed by atoms with Crippen LogP contribution in [0.5, 0.6) is 5.75 Å². The Morgan fingerprint density at radius 1 is 1.06 bits per heavy atom. The molecular formula is C24H30N2O7S. The molecule has 2 aromatic carbocycles. The van der Waals surface area contributed by atoms with Crippen LogP contribution in [0.3, 0.4) is 0 Å². The van der Waals surface area contributed by atoms with Gasteiger partial charge >= 0.3 is 5.97 Å². The topological polar surface area (TPSA) is 111 Å². The second kappa shape index (κ2) is 11.8. The number of unbranched alkanes of at least 4 members (excludes halogenated alkanes) is 1. The molecule has 10 heteroatoms. The summed E-state index contributed by atoms with van der Waals surface area (Å²) in [5.74, 6) is -0.196. The highest BCUT2D eigenvalue weighted by atomic mass is 32.2. The van der Waals surface area contributed by atoms with Crippen molar-refractivity contribution in [2.45, 2.75) is 37.7 Å². The molecular weight excluding hydrogens is 460 g/mol. The zero-order chi connectivity index (χ0) is 24.6. The number of rotatable bonds is 10. The minimum Gasteiger partial charge on any atom is -0.481 e. The molecule has 0 aromatic heterocycles. The smallest absolute Gasteiger partial charge is 0.338 e. The van der Waals surface area contributed by atoms with E-state index in [1.54, 1.807) is 11.8 Å². The van der Waals surface area contributed by atoms with Crippen LogP contribution in [0.25, 0.3) is 0 Å². The number of esters is 1. The van der Waals surface area contributed by atoms with Gasteiger partial charge < -0.3 is 19.1 Å². The first-order chi connectivity index (χ1) is 16.3. The van der Waals surface area contributed by atoms with Crippen molar-refractivity contribution in [3.63, 3.8) is 0 Å². The molecule has 0 saturated carbocycles. The molecule has 0 unspecified atom stereocenters. The number of morpholine rings is 1. The number of amides is 1. The van der Waals surface area contributed by atoms with Crippen molar-refractivity contribution < 1.29 is 32.2 Å². The van der Waals surface area contributed by atoms with Gasteiger partial charge in [0.05, 0.1) is 30.3 Å². The Balaban J connectivity index is 1.58. The first kappa shape index (κ1) is 25.5. The summed E-state index contributed by atoms with van der Waals surface area (Å²) in [7, 11) is -3.85. The molecule has 184 valence electrons. The molecule has 2 aromatic rings. The Hall–Kier alpha value is -3.11. The second-order valence-corrected chi connectivity index (χ2v) is 9.52. The van der Waals surface area contributed by atoms with Gasteiger partial charge in [0.15, 0.2) is 6.10 Å². The van der Waals surface area contributed by atoms with Crippen molar-refractivity contribution in [2.24, 2.45) is 0 Å². The van der Waals surface area contributed by atoms with Crippen LogP contribution in [0, 0.1) is 0 Å². The van der Waals surface area contributed by atoms with E-state index < -0.39 is 22.1 Å². The lowest BCUT2D eigenvalue weighted by molar-refractivity contribution is -0.142. The molecule has 0 bridgehead atoms. The van der Waals surface area contributed by atoms with E-state index in [4.69, 9.17) is 14.2 Å². The number of nitrogens with zero attached hydrogens (tertiary/aromatic N) is 1. The Labute approximate surface area is 200 Å². The minimum atomic E-state index is -3.85. The van der Waals surface area contributed by atoms with Crippen LogP contribution in [-0.2, 0) is 24.3 Å². The zero-order valence-electron chi connectivity index (χ0n) is 19.4. The van der Waals surface area contributed by atoms with Crippen molar-refractivity contribution in [3.8, 4) is 5.75 Å². The molecule has 1 fully saturated rings. The number of hydrogen-bond donors (Lipinski definition) is 1. The van der Waals surface area contributed by atoms with E-state index in [2.05, 4.69) is 4.72 Å². The van der Waals surface area contributed by atoms with Crippen molar-refractivity contribution in [2.75, 3.05) is 37.6 Å². The largest absolute Gasteiger partial charge is 0.481 e. The molecule has 1 heterocycles. The molecule has 0 spiro atoms. The van der Waals surface area contributed by atoms with Crippen molar-refractivity contribution >= 4 is 27.6 Å². The fourth-order valence-electron chi connectivity index (χ4n) is 3.27. The number of carbonyl (C=O) groups excluding carboxylic acids is 2. The molecule has 1 saturated heterocycles. The molecule has 0 radical (unpaired) electrons. The van der Waals surface area contributed by atoms with Crippen LogP contribution in [0.2, 0.25) is 0 Å². The maximum Gasteiger partial charge on any atom is 0.338 e. The van der Waals surface area contributed by atoms with Gasteiger partial charge in [0.2, 0.25) is 0 Å². The van der Waals surface area contributed by atoms with Crippen LogP contribution in [0.1, 0.15) is 37.0 Å². The van der Waals surface area contributed by atoms with Gasteiger partial charge in [0.25, 0.3) is 15.9 Å². The van der Waals surface area contributed by atoms with Crippen LogP contribution in [-0.4, -0.2) is 64.2 Å². The molecule has 3 rings (SSSR count). The predicted molar refractivity (Wildman–Crippen MR) is 126 cm³/mol. The van der Waals surface area contributed by atoms with Crippen LogP contribution in [0.15, 0.2) is 53.4 Å². The Morgan fingerprint density at radius 2 is 1.71 bits per heavy atom. The first-order valence-electron chi connectivity index (χ1n) is 11.2. The average molecular weight is 491 g/mol. The van der Waals surface area contributed by atoms with Gasteiger partial charge in [-0.2, -0.15) is 0 Å². The maximum atomic E-state index is 12.7. The monoisotopic (exact) mass is 490 g/mol. The van der Waals surface area contributed by atoms with Gasteiger partial charge in [-0.15, -0.1) is 0 Å². The van der Waals surface area contributed by atoms with Crippen molar-refractivity contribution in [1.29, 1.82) is 0 Å². The van der Waals surface area contributed by atoms with E-state index in [1.807, 2.05) is 6.92 Å². The molecule has 1 aliphatic heterocycles. The molecule has 1 aliphatic rings. The van der Waals surface area contributed by atoms with E-state index >= 15 is 0 Å². The van der Waals surface area contributed by atoms with Crippen LogP contribution in [0.4, 0.5) is 5.69 Å². The number of sulfonamides is 1. The van der Waals surface area contributed by atoms with E-state index in [0.29, 0.717) is 49.9 Å². The van der Waals surface area contributed by atoms with Crippen LogP contribution < -0.4 is 9.46 Å². The number of carbonyl (C=O) groups is 2. The summed E-state index contributed by atoms with van der Waals surface area (Å²) >= 11 is 0. The number of ether oxygens (including phenoxy) is 3. The summed E-state index contributed by atoms with van der Waals surface area (Å²) in [6, 6.07) is 11.9. The highest BCUT2D eigenvalue weighted by molar-refractivity contribution is 7.92. The van der Waals surface area contributed by atoms with Gasteiger partial charge in [-0.05, 0) is 61.9 Å². The Bertz CT molecular complexity index is 1060. The average Bonchev–Trinajstić information content (AvgIpc) is 2.84. The summed E-state index contributed by atoms with van der Waals surface area (Å²) in [5.41, 5.74) is 0.663. The Morgan fingerprint density at radius 3 is 2.32 bits per heavy atom. The van der Waals surface area contributed by atoms with Crippen molar-refractivity contribution in [1.82, 2.24) is 4.90 Å². The third-order valence-electron chi connectivity index (χ3n) is 5.22. The fraction of sp³-hybridized carbons (Fsp3) is 0.417. The van der Waals surface area contributed by atoms with E-state index in [9.17, 15) is 18.0 Å². The lowest BCUT2D eigenvalue weighted by Gasteiger charge is -2.29. The molecule has 1 N–H and O–H groups in total. The number of hydrogen-bond acceptors (Lipinski definition) is 7. The van der Waals surface area contributed by atoms with Gasteiger partial charge in [0.1, 0.15) is 5.75 Å². The van der Waals surface area contributed by atoms with E-state index in [1.165, 1.54) is 48.5 Å². The highest BCUT2D eigenvalue weighted by Gasteiger charge is 2.24. The predicted octanol–water partition coefficient (Wildman–Crippen LogP) is 3.07. The van der Waals surface area contributed by atoms with Gasteiger partial charge in [-0.25, -0.2) is 13.2 Å². The standard InChI is InChI=1S/C24H30N2O7S/c1-3-4-15-32-24(28)19-5-7-20(8-6-19)25-34(29,30)22-11-9-21(10-12-22)33-18(2)23(27)26-13-16-31-17-14-26/h5-12,18,25H,3-4,13-17H2,1-2H3/t18-/m1/s1. The van der Waals surface area contributed by atoms with Gasteiger partial charge in [0, 0.05) is 18.8 Å². The second-order valence-electron chi connectivity index (χ2n) is 7.84. The lowest BCUT2D eigenvalue weighted by Crippen LogP contribution is -2.46. The third-order valence-corrected chi connectivity index (χ3v) is 6.62. The fourth-order valence-corrected chi connectivity index (χ4v) is 4.33. The van der Waals surface area contributed by atoms with E-state index in [-0.39, 0.29) is 10.8 Å². The summed E-state index contributed by atoms with van der Waals surface area (Å²) in [6.07, 6.45) is 1.01. The van der Waals surface area contributed by atoms with Crippen molar-refractivity contribution in [3.05, 3.63) is 54.1 Å². The SMILES string of the molecule is CCCCOC(=O)c1ccc(NS(=O)(=O)c2ccc(O[C@H](C)C(=O)N3CCOCC3)cc2)cc1. The zero-order valence-corrected chi connectivity index (χ0v) is 20.2. The normalized spacial score (nSPS) is 14.8. The molecule has 1 amide bonds. The molecule has 34 heavy (non-hydrogen) atoms. The van der Waals surface area contributed by atoms with Gasteiger partial charge in [-0.1, -0.05) is 13.3 Å². The molecule has 9 nitrogen and oxygen atoms in total. The summed E-state index contributed by atoms with van der Waals surface area (Å²) < 4.78 is 44.0. The number of benzene rings is 2. The summed E-state index contributed by atoms with van der Waals surface area (Å²) in [4.78, 5) is 26.2. The maximum absolute atomic E-state index is 12.7.